The number of benzene rings is 3. The Labute approximate surface area is 207 Å². The van der Waals surface area contributed by atoms with Crippen molar-refractivity contribution in [2.24, 2.45) is 0 Å². The van der Waals surface area contributed by atoms with E-state index in [0.29, 0.717) is 11.8 Å². The van der Waals surface area contributed by atoms with Crippen LogP contribution in [-0.2, 0) is 9.53 Å². The second-order valence-corrected chi connectivity index (χ2v) is 8.34. The number of aromatic nitrogens is 4. The number of fused-ring (bicyclic) bond motifs is 1. The van der Waals surface area contributed by atoms with E-state index in [4.69, 9.17) is 14.1 Å². The van der Waals surface area contributed by atoms with Gasteiger partial charge in [0.25, 0.3) is 0 Å². The van der Waals surface area contributed by atoms with Crippen LogP contribution in [0.2, 0.25) is 0 Å². The maximum absolute atomic E-state index is 11.4. The lowest BCUT2D eigenvalue weighted by Crippen LogP contribution is -1.94. The van der Waals surface area contributed by atoms with Gasteiger partial charge in [-0.05, 0) is 79.1 Å². The second kappa shape index (κ2) is 9.50. The molecule has 2 heterocycles. The fraction of sp³-hybridized carbons (Fsp3) is 0.143. The van der Waals surface area contributed by atoms with E-state index in [9.17, 15) is 4.79 Å². The lowest BCUT2D eigenvalue weighted by atomic mass is 9.98. The molecule has 0 fully saturated rings. The Morgan fingerprint density at radius 3 is 2.25 bits per heavy atom. The Morgan fingerprint density at radius 1 is 0.917 bits per heavy atom. The third-order valence-corrected chi connectivity index (χ3v) is 5.90. The fourth-order valence-electron chi connectivity index (χ4n) is 4.15. The number of H-pyrrole nitrogens is 1. The van der Waals surface area contributed by atoms with Gasteiger partial charge in [-0.1, -0.05) is 12.1 Å². The molecular formula is C28H24N4O4. The summed E-state index contributed by atoms with van der Waals surface area (Å²) in [4.78, 5) is 19.7. The zero-order chi connectivity index (χ0) is 25.2. The molecule has 0 unspecified atom stereocenters. The number of aromatic amines is 1. The lowest BCUT2D eigenvalue weighted by molar-refractivity contribution is -0.134. The smallest absolute Gasteiger partial charge is 0.330 e. The minimum absolute atomic E-state index is 0.389. The van der Waals surface area contributed by atoms with Crippen molar-refractivity contribution in [1.29, 1.82) is 0 Å². The number of hydrogen-bond acceptors (Lipinski definition) is 7. The number of esters is 1. The summed E-state index contributed by atoms with van der Waals surface area (Å²) in [6.45, 7) is 4.05. The monoisotopic (exact) mass is 480 g/mol. The summed E-state index contributed by atoms with van der Waals surface area (Å²) in [6.07, 6.45) is 3.15. The number of nitrogens with one attached hydrogen (secondary N) is 1. The van der Waals surface area contributed by atoms with Gasteiger partial charge in [0.1, 0.15) is 11.6 Å². The summed E-state index contributed by atoms with van der Waals surface area (Å²) in [6, 6.07) is 17.3. The van der Waals surface area contributed by atoms with Gasteiger partial charge in [-0.25, -0.2) is 9.78 Å². The van der Waals surface area contributed by atoms with Crippen molar-refractivity contribution in [2.45, 2.75) is 13.8 Å². The molecule has 180 valence electrons. The van der Waals surface area contributed by atoms with Crippen molar-refractivity contribution >= 4 is 23.1 Å². The van der Waals surface area contributed by atoms with Crippen LogP contribution in [-0.4, -0.2) is 40.4 Å². The largest absolute Gasteiger partial charge is 0.497 e. The van der Waals surface area contributed by atoms with Gasteiger partial charge in [-0.3, -0.25) is 0 Å². The molecule has 1 N–H and O–H groups in total. The molecule has 8 nitrogen and oxygen atoms in total. The van der Waals surface area contributed by atoms with Gasteiger partial charge in [0.2, 0.25) is 11.8 Å². The molecule has 0 bridgehead atoms. The number of aryl methyl sites for hydroxylation is 2. The van der Waals surface area contributed by atoms with E-state index in [0.717, 1.165) is 56.0 Å². The van der Waals surface area contributed by atoms with Crippen LogP contribution in [0.15, 0.2) is 65.1 Å². The van der Waals surface area contributed by atoms with E-state index in [1.807, 2.05) is 68.4 Å². The zero-order valence-electron chi connectivity index (χ0n) is 20.3. The summed E-state index contributed by atoms with van der Waals surface area (Å²) >= 11 is 0. The molecule has 0 radical (unpaired) electrons. The van der Waals surface area contributed by atoms with Gasteiger partial charge in [-0.2, -0.15) is 0 Å². The highest BCUT2D eigenvalue weighted by molar-refractivity contribution is 5.88. The Kier molecular flexibility index (Phi) is 6.08. The minimum atomic E-state index is -0.389. The Balaban J connectivity index is 1.45. The van der Waals surface area contributed by atoms with Crippen LogP contribution in [0.4, 0.5) is 0 Å². The third kappa shape index (κ3) is 4.48. The predicted octanol–water partition coefficient (Wildman–Crippen LogP) is 5.76. The molecule has 5 rings (SSSR count). The van der Waals surface area contributed by atoms with Crippen molar-refractivity contribution < 1.29 is 18.7 Å². The SMILES string of the molecule is COC(=O)/C=C\c1cc(C)c(-c2nc3ccc(-c4nnc(-c5ccc(OC)cc5)o4)cc3[nH]2)c(C)c1. The lowest BCUT2D eigenvalue weighted by Gasteiger charge is -2.09. The van der Waals surface area contributed by atoms with Crippen LogP contribution in [0.3, 0.4) is 0 Å². The maximum atomic E-state index is 11.4. The number of carbonyl (C=O) groups is 1. The van der Waals surface area contributed by atoms with Gasteiger partial charge in [0, 0.05) is 22.8 Å². The molecule has 3 aromatic carbocycles. The highest BCUT2D eigenvalue weighted by Gasteiger charge is 2.15. The Hall–Kier alpha value is -4.72. The van der Waals surface area contributed by atoms with E-state index in [1.54, 1.807) is 13.2 Å². The molecule has 2 aromatic heterocycles. The number of methoxy groups -OCH3 is 2. The fourth-order valence-corrected chi connectivity index (χ4v) is 4.15. The quantitative estimate of drug-likeness (QED) is 0.243. The molecule has 5 aromatic rings. The van der Waals surface area contributed by atoms with Gasteiger partial charge in [0.05, 0.1) is 25.3 Å². The summed E-state index contributed by atoms with van der Waals surface area (Å²) in [5.41, 5.74) is 7.32. The first-order valence-corrected chi connectivity index (χ1v) is 11.3. The Bertz CT molecular complexity index is 1570. The molecule has 0 aliphatic rings. The summed E-state index contributed by atoms with van der Waals surface area (Å²) in [7, 11) is 2.98. The van der Waals surface area contributed by atoms with Gasteiger partial charge >= 0.3 is 5.97 Å². The first-order chi connectivity index (χ1) is 17.4. The van der Waals surface area contributed by atoms with Crippen molar-refractivity contribution in [3.8, 4) is 40.0 Å². The first-order valence-electron chi connectivity index (χ1n) is 11.3. The summed E-state index contributed by atoms with van der Waals surface area (Å²) in [5, 5.41) is 8.43. The van der Waals surface area contributed by atoms with Crippen LogP contribution in [0.1, 0.15) is 16.7 Å². The van der Waals surface area contributed by atoms with E-state index >= 15 is 0 Å². The number of ether oxygens (including phenoxy) is 2. The minimum Gasteiger partial charge on any atom is -0.497 e. The van der Waals surface area contributed by atoms with E-state index in [-0.39, 0.29) is 5.97 Å². The Morgan fingerprint density at radius 2 is 1.58 bits per heavy atom. The van der Waals surface area contributed by atoms with Crippen LogP contribution in [0.5, 0.6) is 5.75 Å². The molecular weight excluding hydrogens is 456 g/mol. The average molecular weight is 481 g/mol. The standard InChI is InChI=1S/C28H24N4O4/c1-16-13-18(5-12-24(33)35-4)14-17(2)25(16)26-29-22-11-8-20(15-23(22)30-26)28-32-31-27(36-28)19-6-9-21(34-3)10-7-19/h5-15H,1-4H3,(H,29,30)/b12-5-. The first kappa shape index (κ1) is 23.0. The average Bonchev–Trinajstić information content (AvgIpc) is 3.54. The predicted molar refractivity (Wildman–Crippen MR) is 137 cm³/mol. The highest BCUT2D eigenvalue weighted by Crippen LogP contribution is 2.31. The van der Waals surface area contributed by atoms with Gasteiger partial charge < -0.3 is 18.9 Å². The molecule has 0 saturated carbocycles. The van der Waals surface area contributed by atoms with Crippen LogP contribution in [0.25, 0.3) is 51.4 Å². The van der Waals surface area contributed by atoms with Crippen molar-refractivity contribution in [2.75, 3.05) is 14.2 Å². The highest BCUT2D eigenvalue weighted by atomic mass is 16.5. The van der Waals surface area contributed by atoms with Crippen LogP contribution >= 0.6 is 0 Å². The normalized spacial score (nSPS) is 11.3. The molecule has 0 aliphatic heterocycles. The molecule has 0 atom stereocenters. The molecule has 0 aliphatic carbocycles. The summed E-state index contributed by atoms with van der Waals surface area (Å²) in [5.74, 6) is 2.00. The van der Waals surface area contributed by atoms with Crippen molar-refractivity contribution in [3.05, 3.63) is 77.4 Å². The van der Waals surface area contributed by atoms with E-state index < -0.39 is 0 Å². The second-order valence-electron chi connectivity index (χ2n) is 8.34. The van der Waals surface area contributed by atoms with Crippen LogP contribution in [0, 0.1) is 13.8 Å². The molecule has 8 heteroatoms. The third-order valence-electron chi connectivity index (χ3n) is 5.90. The number of hydrogen-bond donors (Lipinski definition) is 1. The van der Waals surface area contributed by atoms with E-state index in [1.165, 1.54) is 13.2 Å². The number of rotatable bonds is 6. The molecule has 0 amide bonds. The summed E-state index contributed by atoms with van der Waals surface area (Å²) < 4.78 is 15.8. The van der Waals surface area contributed by atoms with Crippen molar-refractivity contribution in [3.63, 3.8) is 0 Å². The number of imidazole rings is 1. The molecule has 36 heavy (non-hydrogen) atoms. The van der Waals surface area contributed by atoms with Crippen molar-refractivity contribution in [1.82, 2.24) is 20.2 Å². The molecule has 0 spiro atoms. The number of nitrogens with zero attached hydrogens (tertiary/aromatic N) is 3. The van der Waals surface area contributed by atoms with E-state index in [2.05, 4.69) is 19.9 Å². The maximum Gasteiger partial charge on any atom is 0.330 e. The van der Waals surface area contributed by atoms with Gasteiger partial charge in [0.15, 0.2) is 0 Å². The topological polar surface area (TPSA) is 103 Å². The van der Waals surface area contributed by atoms with Crippen LogP contribution < -0.4 is 4.74 Å². The number of carbonyl (C=O) groups excluding carboxylic acids is 1. The van der Waals surface area contributed by atoms with Gasteiger partial charge in [-0.15, -0.1) is 10.2 Å². The zero-order valence-corrected chi connectivity index (χ0v) is 20.3. The molecule has 0 saturated heterocycles.